The van der Waals surface area contributed by atoms with Crippen LogP contribution in [0.4, 0.5) is 0 Å². The molecule has 3 N–H and O–H groups in total. The van der Waals surface area contributed by atoms with Crippen LogP contribution in [-0.2, 0) is 42.7 Å². The minimum atomic E-state index is -1.18. The van der Waals surface area contributed by atoms with Crippen LogP contribution in [0.2, 0.25) is 0 Å². The fourth-order valence-electron chi connectivity index (χ4n) is 4.81. The zero-order valence-corrected chi connectivity index (χ0v) is 20.3. The third-order valence-corrected chi connectivity index (χ3v) is 6.40. The summed E-state index contributed by atoms with van der Waals surface area (Å²) >= 11 is 0. The van der Waals surface area contributed by atoms with Gasteiger partial charge in [0, 0.05) is 12.2 Å². The molecule has 11 heteroatoms. The number of rotatable bonds is 8. The molecule has 4 rings (SSSR count). The second-order valence-electron chi connectivity index (χ2n) is 9.36. The molecule has 11 nitrogen and oxygen atoms in total. The fourth-order valence-corrected chi connectivity index (χ4v) is 4.81. The normalized spacial score (nSPS) is 37.3. The van der Waals surface area contributed by atoms with Crippen molar-refractivity contribution in [1.82, 2.24) is 0 Å². The van der Waals surface area contributed by atoms with E-state index in [1.54, 1.807) is 19.9 Å². The van der Waals surface area contributed by atoms with E-state index in [0.29, 0.717) is 6.61 Å². The van der Waals surface area contributed by atoms with Crippen LogP contribution >= 0.6 is 0 Å². The quantitative estimate of drug-likeness (QED) is 0.363. The van der Waals surface area contributed by atoms with E-state index in [4.69, 9.17) is 38.9 Å². The number of aliphatic hydroxyl groups excluding tert-OH is 1. The lowest BCUT2D eigenvalue weighted by molar-refractivity contribution is -0.182. The van der Waals surface area contributed by atoms with Gasteiger partial charge in [-0.05, 0) is 39.0 Å². The molecule has 2 fully saturated rings. The van der Waals surface area contributed by atoms with Gasteiger partial charge < -0.3 is 44.0 Å². The van der Waals surface area contributed by atoms with Crippen LogP contribution in [0.25, 0.3) is 0 Å². The number of ether oxygens (including phenoxy) is 7. The molecule has 2 aliphatic heterocycles. The van der Waals surface area contributed by atoms with Gasteiger partial charge >= 0.3 is 5.97 Å². The first-order chi connectivity index (χ1) is 16.6. The number of amides is 1. The predicted octanol–water partition coefficient (Wildman–Crippen LogP) is 0.600. The first-order valence-corrected chi connectivity index (χ1v) is 11.7. The number of primary amides is 1. The van der Waals surface area contributed by atoms with E-state index in [1.165, 1.54) is 13.2 Å². The minimum Gasteiger partial charge on any atom is -0.466 e. The summed E-state index contributed by atoms with van der Waals surface area (Å²) in [6.07, 6.45) is -2.42. The highest BCUT2D eigenvalue weighted by molar-refractivity contribution is 5.93. The number of hydrogen-bond acceptors (Lipinski definition) is 10. The van der Waals surface area contributed by atoms with Gasteiger partial charge in [0.05, 0.1) is 12.7 Å². The van der Waals surface area contributed by atoms with Crippen LogP contribution in [0.1, 0.15) is 33.6 Å². The number of carbonyl (C=O) groups is 2. The van der Waals surface area contributed by atoms with Gasteiger partial charge in [-0.1, -0.05) is 13.3 Å². The van der Waals surface area contributed by atoms with E-state index in [-0.39, 0.29) is 17.1 Å². The monoisotopic (exact) mass is 495 g/mol. The number of methoxy groups -OCH3 is 1. The number of fused-ring (bicyclic) bond motifs is 2. The maximum atomic E-state index is 12.5. The van der Waals surface area contributed by atoms with Gasteiger partial charge in [0.25, 0.3) is 5.95 Å². The Morgan fingerprint density at radius 1 is 1.11 bits per heavy atom. The predicted molar refractivity (Wildman–Crippen MR) is 119 cm³/mol. The van der Waals surface area contributed by atoms with Gasteiger partial charge in [0.1, 0.15) is 36.6 Å². The molecular formula is C24H33NO10. The highest BCUT2D eigenvalue weighted by Crippen LogP contribution is 2.41. The van der Waals surface area contributed by atoms with E-state index in [0.717, 1.165) is 12.8 Å². The van der Waals surface area contributed by atoms with Crippen molar-refractivity contribution >= 4 is 11.9 Å². The van der Waals surface area contributed by atoms with E-state index in [1.807, 2.05) is 6.92 Å². The smallest absolute Gasteiger partial charge is 0.337 e. The Labute approximate surface area is 203 Å². The molecule has 4 aliphatic rings. The molecule has 35 heavy (non-hydrogen) atoms. The van der Waals surface area contributed by atoms with E-state index in [2.05, 4.69) is 6.58 Å². The second-order valence-corrected chi connectivity index (χ2v) is 9.36. The van der Waals surface area contributed by atoms with Crippen molar-refractivity contribution in [3.63, 3.8) is 0 Å². The Hall–Kier alpha value is -2.44. The molecule has 0 aromatic carbocycles. The number of carbonyl (C=O) groups excluding carboxylic acids is 2. The van der Waals surface area contributed by atoms with Gasteiger partial charge in [-0.3, -0.25) is 4.79 Å². The first kappa shape index (κ1) is 25.6. The molecule has 194 valence electrons. The summed E-state index contributed by atoms with van der Waals surface area (Å²) < 4.78 is 40.4. The molecule has 2 saturated heterocycles. The second kappa shape index (κ2) is 9.90. The van der Waals surface area contributed by atoms with Crippen LogP contribution in [-0.4, -0.2) is 85.3 Å². The standard InChI is InChI=1S/C24H33NO10/c1-6-7-8-30-15-10-13(23(28)29-5)17-21(32-11(2)31-17)19(15)33-14-9-12(22(25)27)18-20(16(14)26)35-24(3,4)34-18/h9-10,14-21,26H,2,6-8H2,1,3-5H3,(H2,25,27)/t14-,15-,16+,17+,18+,19+,20-,21+/m0/s1. The molecule has 2 heterocycles. The molecule has 0 bridgehead atoms. The van der Waals surface area contributed by atoms with Crippen molar-refractivity contribution in [2.75, 3.05) is 13.7 Å². The highest BCUT2D eigenvalue weighted by Gasteiger charge is 2.56. The molecule has 0 spiro atoms. The summed E-state index contributed by atoms with van der Waals surface area (Å²) in [4.78, 5) is 24.7. The van der Waals surface area contributed by atoms with Gasteiger partial charge in [-0.25, -0.2) is 4.79 Å². The summed E-state index contributed by atoms with van der Waals surface area (Å²) in [7, 11) is 1.27. The van der Waals surface area contributed by atoms with Crippen molar-refractivity contribution in [3.8, 4) is 0 Å². The van der Waals surface area contributed by atoms with Crippen molar-refractivity contribution in [3.05, 3.63) is 35.8 Å². The molecule has 0 aromatic rings. The van der Waals surface area contributed by atoms with Crippen LogP contribution < -0.4 is 5.73 Å². The van der Waals surface area contributed by atoms with E-state index in [9.17, 15) is 14.7 Å². The van der Waals surface area contributed by atoms with Gasteiger partial charge in [0.2, 0.25) is 5.91 Å². The Morgan fingerprint density at radius 2 is 1.83 bits per heavy atom. The lowest BCUT2D eigenvalue weighted by atomic mass is 9.87. The molecule has 0 saturated carbocycles. The topological polar surface area (TPSA) is 145 Å². The van der Waals surface area contributed by atoms with E-state index >= 15 is 0 Å². The Bertz CT molecular complexity index is 927. The third kappa shape index (κ3) is 4.96. The van der Waals surface area contributed by atoms with Crippen LogP contribution in [0.15, 0.2) is 35.8 Å². The Balaban J connectivity index is 1.67. The van der Waals surface area contributed by atoms with E-state index < -0.39 is 66.5 Å². The Morgan fingerprint density at radius 3 is 2.49 bits per heavy atom. The average Bonchev–Trinajstić information content (AvgIpc) is 3.34. The maximum Gasteiger partial charge on any atom is 0.337 e. The molecular weight excluding hydrogens is 462 g/mol. The maximum absolute atomic E-state index is 12.5. The summed E-state index contributed by atoms with van der Waals surface area (Å²) in [6, 6.07) is 0. The van der Waals surface area contributed by atoms with Crippen LogP contribution in [0.5, 0.6) is 0 Å². The largest absolute Gasteiger partial charge is 0.466 e. The van der Waals surface area contributed by atoms with Gasteiger partial charge in [-0.15, -0.1) is 0 Å². The molecule has 1 amide bonds. The number of esters is 1. The fraction of sp³-hybridized carbons (Fsp3) is 0.667. The summed E-state index contributed by atoms with van der Waals surface area (Å²) in [5, 5.41) is 11.1. The number of unbranched alkanes of at least 4 members (excludes halogenated alkanes) is 1. The lowest BCUT2D eigenvalue weighted by Crippen LogP contribution is -2.56. The van der Waals surface area contributed by atoms with Crippen molar-refractivity contribution in [2.24, 2.45) is 5.73 Å². The molecule has 0 aromatic heterocycles. The molecule has 0 radical (unpaired) electrons. The summed E-state index contributed by atoms with van der Waals surface area (Å²) in [5.41, 5.74) is 5.98. The van der Waals surface area contributed by atoms with Crippen molar-refractivity contribution in [1.29, 1.82) is 0 Å². The van der Waals surface area contributed by atoms with Crippen LogP contribution in [0, 0.1) is 0 Å². The number of hydrogen-bond donors (Lipinski definition) is 2. The Kier molecular flexibility index (Phi) is 7.26. The molecule has 2 aliphatic carbocycles. The highest BCUT2D eigenvalue weighted by atomic mass is 16.8. The zero-order chi connectivity index (χ0) is 25.5. The summed E-state index contributed by atoms with van der Waals surface area (Å²) in [6.45, 7) is 9.51. The SMILES string of the molecule is C=C1O[C@H]2[C@H](O[C@H]3C=C(C(N)=O)[C@H]4OC(C)(C)O[C@H]4[C@@H]3O)[C@@H](OCCCC)C=C(C(=O)OC)[C@H]2O1. The first-order valence-electron chi connectivity index (χ1n) is 11.7. The minimum absolute atomic E-state index is 0.0181. The van der Waals surface area contributed by atoms with Gasteiger partial charge in [0.15, 0.2) is 18.0 Å². The van der Waals surface area contributed by atoms with Crippen molar-refractivity contribution in [2.45, 2.75) is 88.2 Å². The van der Waals surface area contributed by atoms with Crippen molar-refractivity contribution < 1.29 is 47.9 Å². The number of nitrogens with two attached hydrogens (primary N) is 1. The van der Waals surface area contributed by atoms with Gasteiger partial charge in [-0.2, -0.15) is 0 Å². The zero-order valence-electron chi connectivity index (χ0n) is 20.3. The molecule has 0 unspecified atom stereocenters. The third-order valence-electron chi connectivity index (χ3n) is 6.40. The summed E-state index contributed by atoms with van der Waals surface area (Å²) in [5.74, 6) is -2.30. The lowest BCUT2D eigenvalue weighted by Gasteiger charge is -2.40. The average molecular weight is 496 g/mol. The molecule has 8 atom stereocenters. The van der Waals surface area contributed by atoms with Crippen LogP contribution in [0.3, 0.4) is 0 Å². The number of aliphatic hydroxyl groups is 1.